The van der Waals surface area contributed by atoms with Gasteiger partial charge >= 0.3 is 0 Å². The molecular formula is C16H29N3. The van der Waals surface area contributed by atoms with Crippen molar-refractivity contribution in [3.63, 3.8) is 0 Å². The van der Waals surface area contributed by atoms with Gasteiger partial charge in [-0.3, -0.25) is 9.88 Å². The van der Waals surface area contributed by atoms with Gasteiger partial charge in [0, 0.05) is 31.5 Å². The monoisotopic (exact) mass is 263 g/mol. The molecule has 0 bridgehead atoms. The van der Waals surface area contributed by atoms with Gasteiger partial charge in [0.2, 0.25) is 0 Å². The molecule has 19 heavy (non-hydrogen) atoms. The van der Waals surface area contributed by atoms with Crippen LogP contribution in [0.2, 0.25) is 0 Å². The molecular weight excluding hydrogens is 234 g/mol. The third kappa shape index (κ3) is 5.70. The Kier molecular flexibility index (Phi) is 7.68. The van der Waals surface area contributed by atoms with E-state index in [0.29, 0.717) is 12.0 Å². The first kappa shape index (κ1) is 16.1. The predicted octanol–water partition coefficient (Wildman–Crippen LogP) is 2.93. The van der Waals surface area contributed by atoms with Crippen molar-refractivity contribution in [2.75, 3.05) is 19.6 Å². The maximum absolute atomic E-state index is 4.09. The van der Waals surface area contributed by atoms with Crippen LogP contribution in [0.3, 0.4) is 0 Å². The first-order chi connectivity index (χ1) is 9.19. The van der Waals surface area contributed by atoms with Crippen LogP contribution in [0.1, 0.15) is 39.7 Å². The van der Waals surface area contributed by atoms with Crippen LogP contribution in [0, 0.1) is 5.92 Å². The summed E-state index contributed by atoms with van der Waals surface area (Å²) in [6.07, 6.45) is 4.95. The summed E-state index contributed by atoms with van der Waals surface area (Å²) in [5, 5.41) is 3.56. The Balaban J connectivity index is 2.62. The van der Waals surface area contributed by atoms with Crippen LogP contribution in [0.25, 0.3) is 0 Å². The van der Waals surface area contributed by atoms with Crippen molar-refractivity contribution in [2.45, 2.75) is 46.7 Å². The zero-order valence-corrected chi connectivity index (χ0v) is 12.9. The highest BCUT2D eigenvalue weighted by Gasteiger charge is 2.20. The molecule has 3 heteroatoms. The molecule has 1 N–H and O–H groups in total. The number of hydrogen-bond acceptors (Lipinski definition) is 3. The zero-order valence-electron chi connectivity index (χ0n) is 12.9. The van der Waals surface area contributed by atoms with E-state index in [1.165, 1.54) is 12.0 Å². The fourth-order valence-corrected chi connectivity index (χ4v) is 2.40. The number of likely N-dealkylation sites (N-methyl/N-ethyl adjacent to an activating group) is 1. The summed E-state index contributed by atoms with van der Waals surface area (Å²) in [6.45, 7) is 13.4. The number of hydrogen-bond donors (Lipinski definition) is 1. The fraction of sp³-hybridized carbons (Fsp3) is 0.688. The SMILES string of the molecule is CCCNCC(C(C)C)N(CC)Cc1ccncc1. The molecule has 0 aliphatic carbocycles. The van der Waals surface area contributed by atoms with E-state index in [-0.39, 0.29) is 0 Å². The van der Waals surface area contributed by atoms with E-state index in [9.17, 15) is 0 Å². The van der Waals surface area contributed by atoms with E-state index >= 15 is 0 Å². The van der Waals surface area contributed by atoms with Crippen LogP contribution >= 0.6 is 0 Å². The molecule has 0 fully saturated rings. The van der Waals surface area contributed by atoms with Crippen LogP contribution in [-0.4, -0.2) is 35.6 Å². The van der Waals surface area contributed by atoms with E-state index in [0.717, 1.165) is 26.2 Å². The van der Waals surface area contributed by atoms with Gasteiger partial charge in [-0.05, 0) is 43.1 Å². The van der Waals surface area contributed by atoms with Gasteiger partial charge in [-0.15, -0.1) is 0 Å². The minimum Gasteiger partial charge on any atom is -0.315 e. The van der Waals surface area contributed by atoms with Gasteiger partial charge in [-0.25, -0.2) is 0 Å². The summed E-state index contributed by atoms with van der Waals surface area (Å²) in [6, 6.07) is 4.81. The highest BCUT2D eigenvalue weighted by molar-refractivity contribution is 5.09. The van der Waals surface area contributed by atoms with Gasteiger partial charge in [0.15, 0.2) is 0 Å². The van der Waals surface area contributed by atoms with Gasteiger partial charge in [0.05, 0.1) is 0 Å². The van der Waals surface area contributed by atoms with E-state index in [4.69, 9.17) is 0 Å². The Morgan fingerprint density at radius 3 is 2.42 bits per heavy atom. The summed E-state index contributed by atoms with van der Waals surface area (Å²) >= 11 is 0. The van der Waals surface area contributed by atoms with E-state index in [2.05, 4.69) is 55.0 Å². The number of nitrogens with one attached hydrogen (secondary N) is 1. The van der Waals surface area contributed by atoms with Gasteiger partial charge in [-0.2, -0.15) is 0 Å². The van der Waals surface area contributed by atoms with Crippen LogP contribution in [0.5, 0.6) is 0 Å². The van der Waals surface area contributed by atoms with Crippen molar-refractivity contribution in [1.82, 2.24) is 15.2 Å². The third-order valence-corrected chi connectivity index (χ3v) is 3.56. The molecule has 1 aromatic heterocycles. The quantitative estimate of drug-likeness (QED) is 0.694. The minimum atomic E-state index is 0.588. The third-order valence-electron chi connectivity index (χ3n) is 3.56. The smallest absolute Gasteiger partial charge is 0.0271 e. The molecule has 0 amide bonds. The lowest BCUT2D eigenvalue weighted by atomic mass is 10.0. The van der Waals surface area contributed by atoms with Gasteiger partial charge in [-0.1, -0.05) is 27.7 Å². The van der Waals surface area contributed by atoms with Crippen molar-refractivity contribution in [3.8, 4) is 0 Å². The molecule has 3 nitrogen and oxygen atoms in total. The van der Waals surface area contributed by atoms with Crippen molar-refractivity contribution in [1.29, 1.82) is 0 Å². The lowest BCUT2D eigenvalue weighted by molar-refractivity contribution is 0.151. The highest BCUT2D eigenvalue weighted by atomic mass is 15.2. The average molecular weight is 263 g/mol. The van der Waals surface area contributed by atoms with Crippen molar-refractivity contribution in [3.05, 3.63) is 30.1 Å². The average Bonchev–Trinajstić information content (AvgIpc) is 2.42. The molecule has 0 aromatic carbocycles. The van der Waals surface area contributed by atoms with Crippen molar-refractivity contribution in [2.24, 2.45) is 5.92 Å². The Morgan fingerprint density at radius 1 is 1.21 bits per heavy atom. The molecule has 0 spiro atoms. The number of rotatable bonds is 9. The number of aromatic nitrogens is 1. The standard InChI is InChI=1S/C16H29N3/c1-5-9-18-12-16(14(3)4)19(6-2)13-15-7-10-17-11-8-15/h7-8,10-11,14,16,18H,5-6,9,12-13H2,1-4H3. The van der Waals surface area contributed by atoms with Gasteiger partial charge in [0.25, 0.3) is 0 Å². The molecule has 108 valence electrons. The Labute approximate surface area is 118 Å². The first-order valence-corrected chi connectivity index (χ1v) is 7.52. The number of nitrogens with zero attached hydrogens (tertiary/aromatic N) is 2. The highest BCUT2D eigenvalue weighted by Crippen LogP contribution is 2.14. The molecule has 1 aromatic rings. The predicted molar refractivity (Wildman–Crippen MR) is 82.1 cm³/mol. The van der Waals surface area contributed by atoms with Gasteiger partial charge in [0.1, 0.15) is 0 Å². The minimum absolute atomic E-state index is 0.588. The Morgan fingerprint density at radius 2 is 1.89 bits per heavy atom. The van der Waals surface area contributed by atoms with Crippen molar-refractivity contribution >= 4 is 0 Å². The molecule has 1 rings (SSSR count). The van der Waals surface area contributed by atoms with Crippen LogP contribution in [0.15, 0.2) is 24.5 Å². The maximum Gasteiger partial charge on any atom is 0.0271 e. The Bertz CT molecular complexity index is 324. The van der Waals surface area contributed by atoms with E-state index in [1.54, 1.807) is 0 Å². The van der Waals surface area contributed by atoms with Crippen LogP contribution in [0.4, 0.5) is 0 Å². The topological polar surface area (TPSA) is 28.2 Å². The molecule has 0 aliphatic heterocycles. The number of pyridine rings is 1. The van der Waals surface area contributed by atoms with Crippen LogP contribution in [-0.2, 0) is 6.54 Å². The van der Waals surface area contributed by atoms with E-state index in [1.807, 2.05) is 12.4 Å². The lowest BCUT2D eigenvalue weighted by Gasteiger charge is -2.34. The van der Waals surface area contributed by atoms with Gasteiger partial charge < -0.3 is 5.32 Å². The maximum atomic E-state index is 4.09. The Hall–Kier alpha value is -0.930. The molecule has 1 unspecified atom stereocenters. The molecule has 0 saturated carbocycles. The van der Waals surface area contributed by atoms with E-state index < -0.39 is 0 Å². The lowest BCUT2D eigenvalue weighted by Crippen LogP contribution is -2.45. The molecule has 1 heterocycles. The largest absolute Gasteiger partial charge is 0.315 e. The molecule has 0 radical (unpaired) electrons. The second-order valence-corrected chi connectivity index (χ2v) is 5.43. The molecule has 1 atom stereocenters. The first-order valence-electron chi connectivity index (χ1n) is 7.52. The summed E-state index contributed by atoms with van der Waals surface area (Å²) in [5.41, 5.74) is 1.35. The normalized spacial score (nSPS) is 13.2. The molecule has 0 saturated heterocycles. The van der Waals surface area contributed by atoms with Crippen molar-refractivity contribution < 1.29 is 0 Å². The fourth-order valence-electron chi connectivity index (χ4n) is 2.40. The second-order valence-electron chi connectivity index (χ2n) is 5.43. The zero-order chi connectivity index (χ0) is 14.1. The second kappa shape index (κ2) is 9.05. The van der Waals surface area contributed by atoms with Crippen LogP contribution < -0.4 is 5.32 Å². The summed E-state index contributed by atoms with van der Waals surface area (Å²) in [4.78, 5) is 6.65. The molecule has 0 aliphatic rings. The summed E-state index contributed by atoms with van der Waals surface area (Å²) in [7, 11) is 0. The summed E-state index contributed by atoms with van der Waals surface area (Å²) in [5.74, 6) is 0.658. The summed E-state index contributed by atoms with van der Waals surface area (Å²) < 4.78 is 0.